The highest BCUT2D eigenvalue weighted by atomic mass is 17.2. The van der Waals surface area contributed by atoms with E-state index in [1.54, 1.807) is 25.0 Å². The van der Waals surface area contributed by atoms with E-state index in [9.17, 15) is 9.59 Å². The van der Waals surface area contributed by atoms with Gasteiger partial charge in [-0.3, -0.25) is 13.9 Å². The van der Waals surface area contributed by atoms with Gasteiger partial charge in [-0.05, 0) is 19.8 Å². The van der Waals surface area contributed by atoms with E-state index >= 15 is 0 Å². The van der Waals surface area contributed by atoms with Gasteiger partial charge in [0.15, 0.2) is 11.2 Å². The molecule has 0 amide bonds. The van der Waals surface area contributed by atoms with Crippen molar-refractivity contribution in [2.45, 2.75) is 52.0 Å². The number of hydrogen-bond acceptors (Lipinski definition) is 5. The van der Waals surface area contributed by atoms with Crippen molar-refractivity contribution in [3.05, 3.63) is 27.2 Å². The minimum Gasteiger partial charge on any atom is -0.328 e. The third-order valence-corrected chi connectivity index (χ3v) is 4.26. The third kappa shape index (κ3) is 4.79. The van der Waals surface area contributed by atoms with E-state index in [0.717, 1.165) is 38.5 Å². The fraction of sp³-hybridized carbons (Fsp3) is 0.706. The lowest BCUT2D eigenvalue weighted by atomic mass is 10.1. The first kappa shape index (κ1) is 19.4. The average molecular weight is 352 g/mol. The zero-order valence-corrected chi connectivity index (χ0v) is 15.4. The maximum atomic E-state index is 12.5. The highest BCUT2D eigenvalue weighted by Crippen LogP contribution is 2.07. The Hall–Kier alpha value is -1.93. The summed E-state index contributed by atoms with van der Waals surface area (Å²) in [5.74, 6) is 0. The predicted octanol–water partition coefficient (Wildman–Crippen LogP) is 1.74. The lowest BCUT2D eigenvalue weighted by molar-refractivity contribution is -0.291. The summed E-state index contributed by atoms with van der Waals surface area (Å²) in [5, 5.41) is 0. The largest absolute Gasteiger partial charge is 0.332 e. The Morgan fingerprint density at radius 3 is 2.40 bits per heavy atom. The van der Waals surface area contributed by atoms with Gasteiger partial charge in [0, 0.05) is 20.6 Å². The molecule has 8 nitrogen and oxygen atoms in total. The van der Waals surface area contributed by atoms with Gasteiger partial charge in [-0.2, -0.15) is 0 Å². The Balaban J connectivity index is 1.81. The second-order valence-electron chi connectivity index (χ2n) is 6.18. The molecule has 0 N–H and O–H groups in total. The number of aryl methyl sites for hydroxylation is 2. The Bertz CT molecular complexity index is 790. The van der Waals surface area contributed by atoms with Gasteiger partial charge in [-0.1, -0.05) is 25.7 Å². The molecule has 2 aromatic rings. The van der Waals surface area contributed by atoms with Crippen LogP contribution in [0, 0.1) is 0 Å². The van der Waals surface area contributed by atoms with Gasteiger partial charge in [0.1, 0.15) is 0 Å². The maximum absolute atomic E-state index is 12.5. The van der Waals surface area contributed by atoms with E-state index < -0.39 is 0 Å². The van der Waals surface area contributed by atoms with Crippen LogP contribution in [0.5, 0.6) is 0 Å². The minimum atomic E-state index is -0.302. The van der Waals surface area contributed by atoms with Crippen LogP contribution in [0.3, 0.4) is 0 Å². The minimum absolute atomic E-state index is 0.258. The number of fused-ring (bicyclic) bond motifs is 1. The zero-order valence-electron chi connectivity index (χ0n) is 15.4. The van der Waals surface area contributed by atoms with Crippen LogP contribution >= 0.6 is 0 Å². The first-order valence-electron chi connectivity index (χ1n) is 8.93. The summed E-state index contributed by atoms with van der Waals surface area (Å²) in [4.78, 5) is 38.8. The van der Waals surface area contributed by atoms with Gasteiger partial charge in [0.2, 0.25) is 0 Å². The standard InChI is InChI=1S/C17H28N4O4/c1-4-24-25-12-10-8-6-5-7-9-11-21-16(22)14-15(18-13-19(14)2)20(3)17(21)23/h13H,4-12H2,1-3H3. The van der Waals surface area contributed by atoms with E-state index in [4.69, 9.17) is 9.78 Å². The molecule has 140 valence electrons. The molecular formula is C17H28N4O4. The fourth-order valence-electron chi connectivity index (χ4n) is 2.87. The quantitative estimate of drug-likeness (QED) is 0.350. The van der Waals surface area contributed by atoms with Crippen molar-refractivity contribution in [1.82, 2.24) is 18.7 Å². The number of unbranched alkanes of at least 4 members (excludes halogenated alkanes) is 5. The molecule has 0 aliphatic rings. The molecule has 0 atom stereocenters. The molecule has 2 heterocycles. The summed E-state index contributed by atoms with van der Waals surface area (Å²) in [6, 6.07) is 0. The van der Waals surface area contributed by atoms with E-state index in [-0.39, 0.29) is 11.2 Å². The zero-order chi connectivity index (χ0) is 18.2. The van der Waals surface area contributed by atoms with Crippen LogP contribution in [0.25, 0.3) is 11.2 Å². The summed E-state index contributed by atoms with van der Waals surface area (Å²) in [6.45, 7) is 3.54. The molecule has 0 unspecified atom stereocenters. The smallest absolute Gasteiger partial charge is 0.328 e. The Kier molecular flexibility index (Phi) is 7.39. The summed E-state index contributed by atoms with van der Waals surface area (Å²) in [6.07, 6.45) is 7.64. The molecule has 0 aliphatic heterocycles. The molecule has 0 fully saturated rings. The van der Waals surface area contributed by atoms with Crippen molar-refractivity contribution < 1.29 is 9.78 Å². The molecule has 0 radical (unpaired) electrons. The van der Waals surface area contributed by atoms with Gasteiger partial charge in [-0.15, -0.1) is 0 Å². The van der Waals surface area contributed by atoms with Crippen LogP contribution in [0.1, 0.15) is 45.4 Å². The summed E-state index contributed by atoms with van der Waals surface area (Å²) < 4.78 is 4.42. The van der Waals surface area contributed by atoms with Crippen molar-refractivity contribution in [3.63, 3.8) is 0 Å². The molecule has 0 saturated heterocycles. The van der Waals surface area contributed by atoms with Gasteiger partial charge >= 0.3 is 5.69 Å². The molecule has 0 saturated carbocycles. The molecular weight excluding hydrogens is 324 g/mol. The van der Waals surface area contributed by atoms with Crippen molar-refractivity contribution in [2.24, 2.45) is 14.1 Å². The fourth-order valence-corrected chi connectivity index (χ4v) is 2.87. The monoisotopic (exact) mass is 352 g/mol. The van der Waals surface area contributed by atoms with E-state index in [2.05, 4.69) is 4.98 Å². The molecule has 25 heavy (non-hydrogen) atoms. The van der Waals surface area contributed by atoms with Crippen LogP contribution in [-0.2, 0) is 30.4 Å². The molecule has 0 bridgehead atoms. The van der Waals surface area contributed by atoms with E-state index in [1.807, 2.05) is 6.92 Å². The van der Waals surface area contributed by atoms with Crippen molar-refractivity contribution in [1.29, 1.82) is 0 Å². The van der Waals surface area contributed by atoms with Crippen LogP contribution in [0.4, 0.5) is 0 Å². The predicted molar refractivity (Wildman–Crippen MR) is 95.5 cm³/mol. The van der Waals surface area contributed by atoms with Crippen LogP contribution < -0.4 is 11.2 Å². The molecule has 2 rings (SSSR count). The number of rotatable bonds is 11. The third-order valence-electron chi connectivity index (χ3n) is 4.26. The molecule has 0 spiro atoms. The van der Waals surface area contributed by atoms with Crippen LogP contribution in [0.15, 0.2) is 15.9 Å². The normalized spacial score (nSPS) is 11.5. The number of aromatic nitrogens is 4. The first-order valence-corrected chi connectivity index (χ1v) is 8.93. The number of nitrogens with zero attached hydrogens (tertiary/aromatic N) is 4. The molecule has 0 aromatic carbocycles. The SMILES string of the molecule is CCOOCCCCCCCCn1c(=O)c2c(ncn2C)n(C)c1=O. The van der Waals surface area contributed by atoms with Crippen molar-refractivity contribution in [3.8, 4) is 0 Å². The summed E-state index contributed by atoms with van der Waals surface area (Å²) >= 11 is 0. The molecule has 2 aromatic heterocycles. The number of hydrogen-bond donors (Lipinski definition) is 0. The van der Waals surface area contributed by atoms with Crippen LogP contribution in [0.2, 0.25) is 0 Å². The molecule has 0 aliphatic carbocycles. The summed E-state index contributed by atoms with van der Waals surface area (Å²) in [7, 11) is 3.42. The van der Waals surface area contributed by atoms with Crippen molar-refractivity contribution >= 4 is 11.2 Å². The Morgan fingerprint density at radius 2 is 1.68 bits per heavy atom. The lowest BCUT2D eigenvalue weighted by Crippen LogP contribution is -2.39. The van der Waals surface area contributed by atoms with Gasteiger partial charge in [0.05, 0.1) is 19.5 Å². The maximum Gasteiger partial charge on any atom is 0.332 e. The van der Waals surface area contributed by atoms with Gasteiger partial charge in [-0.25, -0.2) is 19.6 Å². The summed E-state index contributed by atoms with van der Waals surface area (Å²) in [5.41, 5.74) is 0.342. The Labute approximate surface area is 146 Å². The van der Waals surface area contributed by atoms with Crippen molar-refractivity contribution in [2.75, 3.05) is 13.2 Å². The number of imidazole rings is 1. The van der Waals surface area contributed by atoms with Gasteiger partial charge in [0.25, 0.3) is 5.56 Å². The second kappa shape index (κ2) is 9.53. The average Bonchev–Trinajstić information content (AvgIpc) is 2.99. The Morgan fingerprint density at radius 1 is 1.00 bits per heavy atom. The van der Waals surface area contributed by atoms with E-state index in [1.165, 1.54) is 9.13 Å². The molecule has 8 heteroatoms. The lowest BCUT2D eigenvalue weighted by Gasteiger charge is -2.08. The van der Waals surface area contributed by atoms with Crippen LogP contribution in [-0.4, -0.2) is 31.9 Å². The highest BCUT2D eigenvalue weighted by molar-refractivity contribution is 5.69. The van der Waals surface area contributed by atoms with E-state index in [0.29, 0.717) is 30.9 Å². The highest BCUT2D eigenvalue weighted by Gasteiger charge is 2.14. The topological polar surface area (TPSA) is 80.3 Å². The van der Waals surface area contributed by atoms with Gasteiger partial charge < -0.3 is 4.57 Å². The second-order valence-corrected chi connectivity index (χ2v) is 6.18. The first-order chi connectivity index (χ1) is 12.1.